The number of aromatic nitrogens is 2. The minimum absolute atomic E-state index is 0.231. The van der Waals surface area contributed by atoms with Crippen LogP contribution in [0.3, 0.4) is 0 Å². The lowest BCUT2D eigenvalue weighted by molar-refractivity contribution is -0.148. The zero-order chi connectivity index (χ0) is 14.2. The van der Waals surface area contributed by atoms with E-state index in [0.29, 0.717) is 36.3 Å². The molecule has 1 aliphatic rings. The van der Waals surface area contributed by atoms with Crippen molar-refractivity contribution >= 4 is 11.9 Å². The van der Waals surface area contributed by atoms with E-state index in [4.69, 9.17) is 0 Å². The van der Waals surface area contributed by atoms with Crippen LogP contribution < -0.4 is 0 Å². The van der Waals surface area contributed by atoms with Crippen LogP contribution in [0.5, 0.6) is 0 Å². The lowest BCUT2D eigenvalue weighted by Gasteiger charge is -2.34. The molecule has 0 bridgehead atoms. The fourth-order valence-corrected chi connectivity index (χ4v) is 2.92. The van der Waals surface area contributed by atoms with Crippen LogP contribution in [0.4, 0.5) is 0 Å². The first kappa shape index (κ1) is 13.6. The average molecular weight is 265 g/mol. The van der Waals surface area contributed by atoms with Gasteiger partial charge in [-0.1, -0.05) is 6.92 Å². The number of carbonyl (C=O) groups is 2. The Morgan fingerprint density at radius 3 is 2.63 bits per heavy atom. The number of aliphatic carboxylic acids is 1. The van der Waals surface area contributed by atoms with Crippen LogP contribution in [0, 0.1) is 13.8 Å². The summed E-state index contributed by atoms with van der Waals surface area (Å²) in [6.07, 6.45) is 1.66. The summed E-state index contributed by atoms with van der Waals surface area (Å²) in [5, 5.41) is 16.3. The molecule has 6 heteroatoms. The second-order valence-corrected chi connectivity index (χ2v) is 5.06. The molecule has 0 aliphatic carbocycles. The number of carboxylic acid groups (broad SMARTS) is 1. The first-order valence-electron chi connectivity index (χ1n) is 6.51. The van der Waals surface area contributed by atoms with Gasteiger partial charge in [0.1, 0.15) is 5.54 Å². The highest BCUT2D eigenvalue weighted by atomic mass is 16.4. The summed E-state index contributed by atoms with van der Waals surface area (Å²) in [6, 6.07) is 0. The van der Waals surface area contributed by atoms with Crippen molar-refractivity contribution < 1.29 is 14.7 Å². The number of hydrogen-bond donors (Lipinski definition) is 2. The Labute approximate surface area is 111 Å². The molecule has 1 atom stereocenters. The molecule has 0 spiro atoms. The number of hydrogen-bond acceptors (Lipinski definition) is 3. The van der Waals surface area contributed by atoms with Gasteiger partial charge in [0.15, 0.2) is 0 Å². The fourth-order valence-electron chi connectivity index (χ4n) is 2.92. The Morgan fingerprint density at radius 2 is 2.16 bits per heavy atom. The molecule has 2 N–H and O–H groups in total. The Morgan fingerprint density at radius 1 is 1.47 bits per heavy atom. The fraction of sp³-hybridized carbons (Fsp3) is 0.615. The largest absolute Gasteiger partial charge is 0.479 e. The molecule has 0 saturated carbocycles. The van der Waals surface area contributed by atoms with E-state index in [9.17, 15) is 14.7 Å². The van der Waals surface area contributed by atoms with Crippen LogP contribution in [0.25, 0.3) is 0 Å². The number of carboxylic acids is 1. The summed E-state index contributed by atoms with van der Waals surface area (Å²) in [5.41, 5.74) is 0.739. The monoisotopic (exact) mass is 265 g/mol. The van der Waals surface area contributed by atoms with E-state index in [1.807, 2.05) is 6.92 Å². The molecule has 6 nitrogen and oxygen atoms in total. The molecule has 1 aliphatic heterocycles. The highest BCUT2D eigenvalue weighted by Gasteiger charge is 2.49. The summed E-state index contributed by atoms with van der Waals surface area (Å²) in [7, 11) is 0. The smallest absolute Gasteiger partial charge is 0.329 e. The maximum atomic E-state index is 12.6. The van der Waals surface area contributed by atoms with Crippen molar-refractivity contribution in [1.82, 2.24) is 15.1 Å². The van der Waals surface area contributed by atoms with Gasteiger partial charge in [-0.25, -0.2) is 4.79 Å². The van der Waals surface area contributed by atoms with Crippen molar-refractivity contribution in [2.45, 2.75) is 45.6 Å². The van der Waals surface area contributed by atoms with E-state index >= 15 is 0 Å². The van der Waals surface area contributed by atoms with Crippen molar-refractivity contribution in [3.63, 3.8) is 0 Å². The van der Waals surface area contributed by atoms with Crippen LogP contribution in [0.15, 0.2) is 0 Å². The number of rotatable bonds is 3. The van der Waals surface area contributed by atoms with Crippen molar-refractivity contribution in [3.8, 4) is 0 Å². The molecule has 2 heterocycles. The van der Waals surface area contributed by atoms with Gasteiger partial charge >= 0.3 is 5.97 Å². The van der Waals surface area contributed by atoms with Crippen LogP contribution in [0.2, 0.25) is 0 Å². The van der Waals surface area contributed by atoms with E-state index in [1.54, 1.807) is 13.8 Å². The van der Waals surface area contributed by atoms with Gasteiger partial charge in [-0.15, -0.1) is 0 Å². The van der Waals surface area contributed by atoms with Crippen LogP contribution in [-0.4, -0.2) is 44.2 Å². The summed E-state index contributed by atoms with van der Waals surface area (Å²) in [6.45, 7) is 5.83. The summed E-state index contributed by atoms with van der Waals surface area (Å²) in [4.78, 5) is 25.7. The van der Waals surface area contributed by atoms with Crippen LogP contribution >= 0.6 is 0 Å². The Balaban J connectivity index is 2.41. The normalized spacial score (nSPS) is 22.8. The summed E-state index contributed by atoms with van der Waals surface area (Å²) < 4.78 is 0. The van der Waals surface area contributed by atoms with E-state index in [-0.39, 0.29) is 5.91 Å². The molecule has 1 unspecified atom stereocenters. The number of amides is 1. The molecule has 0 radical (unpaired) electrons. The molecule has 2 rings (SSSR count). The lowest BCUT2D eigenvalue weighted by atomic mass is 9.92. The second kappa shape index (κ2) is 4.68. The van der Waals surface area contributed by atoms with E-state index in [2.05, 4.69) is 10.2 Å². The van der Waals surface area contributed by atoms with Crippen LogP contribution in [0.1, 0.15) is 47.9 Å². The Kier molecular flexibility index (Phi) is 3.34. The molecule has 1 saturated heterocycles. The third-order valence-corrected chi connectivity index (χ3v) is 4.06. The standard InChI is InChI=1S/C13H19N3O3/c1-4-13(12(18)19)6-5-7-16(13)11(17)10-8(2)14-15-9(10)3/h4-7H2,1-3H3,(H,14,15)(H,18,19). The van der Waals surface area contributed by atoms with Gasteiger partial charge in [-0.05, 0) is 33.1 Å². The van der Waals surface area contributed by atoms with Gasteiger partial charge in [0.05, 0.1) is 11.3 Å². The third-order valence-electron chi connectivity index (χ3n) is 4.06. The zero-order valence-corrected chi connectivity index (χ0v) is 11.5. The zero-order valence-electron chi connectivity index (χ0n) is 11.5. The van der Waals surface area contributed by atoms with E-state index in [1.165, 1.54) is 4.90 Å². The van der Waals surface area contributed by atoms with E-state index in [0.717, 1.165) is 6.42 Å². The number of aromatic amines is 1. The van der Waals surface area contributed by atoms with Gasteiger partial charge in [0.25, 0.3) is 5.91 Å². The highest BCUT2D eigenvalue weighted by molar-refractivity contribution is 5.99. The van der Waals surface area contributed by atoms with Gasteiger partial charge in [0, 0.05) is 12.2 Å². The summed E-state index contributed by atoms with van der Waals surface area (Å²) >= 11 is 0. The minimum atomic E-state index is -1.06. The molecule has 1 aromatic rings. The number of aryl methyl sites for hydroxylation is 2. The number of nitrogens with zero attached hydrogens (tertiary/aromatic N) is 2. The van der Waals surface area contributed by atoms with E-state index < -0.39 is 11.5 Å². The maximum absolute atomic E-state index is 12.6. The first-order chi connectivity index (χ1) is 8.94. The second-order valence-electron chi connectivity index (χ2n) is 5.06. The highest BCUT2D eigenvalue weighted by Crippen LogP contribution is 2.34. The predicted molar refractivity (Wildman–Crippen MR) is 69.0 cm³/mol. The maximum Gasteiger partial charge on any atom is 0.329 e. The van der Waals surface area contributed by atoms with Gasteiger partial charge < -0.3 is 10.0 Å². The van der Waals surface area contributed by atoms with Crippen molar-refractivity contribution in [3.05, 3.63) is 17.0 Å². The molecule has 1 amide bonds. The third kappa shape index (κ3) is 1.91. The molecule has 1 aromatic heterocycles. The predicted octanol–water partition coefficient (Wildman–Crippen LogP) is 1.50. The quantitative estimate of drug-likeness (QED) is 0.867. The van der Waals surface area contributed by atoms with Crippen molar-refractivity contribution in [2.75, 3.05) is 6.54 Å². The summed E-state index contributed by atoms with van der Waals surface area (Å²) in [5.74, 6) is -1.15. The number of likely N-dealkylation sites (tertiary alicyclic amines) is 1. The Bertz CT molecular complexity index is 504. The minimum Gasteiger partial charge on any atom is -0.479 e. The molecular weight excluding hydrogens is 246 g/mol. The van der Waals surface area contributed by atoms with Gasteiger partial charge in [-0.2, -0.15) is 5.10 Å². The topological polar surface area (TPSA) is 86.3 Å². The van der Waals surface area contributed by atoms with Crippen LogP contribution in [-0.2, 0) is 4.79 Å². The average Bonchev–Trinajstić information content (AvgIpc) is 2.93. The number of carbonyl (C=O) groups excluding carboxylic acids is 1. The van der Waals surface area contributed by atoms with Crippen molar-refractivity contribution in [2.24, 2.45) is 0 Å². The SMILES string of the molecule is CCC1(C(=O)O)CCCN1C(=O)c1c(C)n[nH]c1C. The molecule has 1 fully saturated rings. The molecule has 0 aromatic carbocycles. The lowest BCUT2D eigenvalue weighted by Crippen LogP contribution is -2.52. The molecular formula is C13H19N3O3. The number of nitrogens with one attached hydrogen (secondary N) is 1. The van der Waals surface area contributed by atoms with Gasteiger partial charge in [-0.3, -0.25) is 9.89 Å². The Hall–Kier alpha value is -1.85. The molecule has 104 valence electrons. The van der Waals surface area contributed by atoms with Gasteiger partial charge in [0.2, 0.25) is 0 Å². The van der Waals surface area contributed by atoms with Crippen molar-refractivity contribution in [1.29, 1.82) is 0 Å². The number of H-pyrrole nitrogens is 1. The molecule has 19 heavy (non-hydrogen) atoms. The first-order valence-corrected chi connectivity index (χ1v) is 6.51.